The molecule has 4 nitrogen and oxygen atoms in total. The van der Waals surface area contributed by atoms with Crippen LogP contribution in [0.5, 0.6) is 0 Å². The number of imidazole rings is 1. The Hall–Kier alpha value is -1.73. The molecule has 1 amide bonds. The van der Waals surface area contributed by atoms with E-state index >= 15 is 0 Å². The SMILES string of the molecule is O=C(Cn1ccnc1Cl)Nc1ccc(Cl)c(C(F)(F)F)c1. The third-order valence-electron chi connectivity index (χ3n) is 2.53. The molecule has 21 heavy (non-hydrogen) atoms. The zero-order chi connectivity index (χ0) is 15.6. The highest BCUT2D eigenvalue weighted by molar-refractivity contribution is 6.31. The topological polar surface area (TPSA) is 46.9 Å². The number of hydrogen-bond acceptors (Lipinski definition) is 2. The number of rotatable bonds is 3. The van der Waals surface area contributed by atoms with Crippen molar-refractivity contribution in [2.75, 3.05) is 5.32 Å². The first-order valence-electron chi connectivity index (χ1n) is 5.60. The van der Waals surface area contributed by atoms with Gasteiger partial charge in [0.1, 0.15) is 6.54 Å². The van der Waals surface area contributed by atoms with Crippen molar-refractivity contribution in [1.29, 1.82) is 0 Å². The van der Waals surface area contributed by atoms with E-state index in [9.17, 15) is 18.0 Å². The molecule has 0 saturated heterocycles. The van der Waals surface area contributed by atoms with Gasteiger partial charge >= 0.3 is 6.18 Å². The number of nitrogens with zero attached hydrogens (tertiary/aromatic N) is 2. The molecule has 0 saturated carbocycles. The first-order chi connectivity index (χ1) is 9.77. The molecule has 0 aliphatic rings. The lowest BCUT2D eigenvalue weighted by Gasteiger charge is -2.12. The quantitative estimate of drug-likeness (QED) is 0.924. The summed E-state index contributed by atoms with van der Waals surface area (Å²) in [6.07, 6.45) is -1.71. The second-order valence-electron chi connectivity index (χ2n) is 4.06. The summed E-state index contributed by atoms with van der Waals surface area (Å²) < 4.78 is 39.4. The number of benzene rings is 1. The average molecular weight is 338 g/mol. The fourth-order valence-electron chi connectivity index (χ4n) is 1.60. The predicted octanol–water partition coefficient (Wildman–Crippen LogP) is 3.85. The van der Waals surface area contributed by atoms with Crippen molar-refractivity contribution < 1.29 is 18.0 Å². The summed E-state index contributed by atoms with van der Waals surface area (Å²) in [7, 11) is 0. The van der Waals surface area contributed by atoms with E-state index < -0.39 is 22.7 Å². The molecule has 0 atom stereocenters. The van der Waals surface area contributed by atoms with Gasteiger partial charge in [0.25, 0.3) is 0 Å². The Morgan fingerprint density at radius 1 is 1.33 bits per heavy atom. The van der Waals surface area contributed by atoms with Gasteiger partial charge in [0, 0.05) is 18.1 Å². The molecular formula is C12H8Cl2F3N3O. The first kappa shape index (κ1) is 15.7. The lowest BCUT2D eigenvalue weighted by atomic mass is 10.2. The van der Waals surface area contributed by atoms with Crippen LogP contribution in [0.2, 0.25) is 10.3 Å². The van der Waals surface area contributed by atoms with E-state index in [1.54, 1.807) is 0 Å². The lowest BCUT2D eigenvalue weighted by Crippen LogP contribution is -2.19. The third kappa shape index (κ3) is 3.89. The van der Waals surface area contributed by atoms with Gasteiger partial charge in [-0.2, -0.15) is 13.2 Å². The van der Waals surface area contributed by atoms with Gasteiger partial charge in [0.05, 0.1) is 10.6 Å². The van der Waals surface area contributed by atoms with Gasteiger partial charge in [-0.1, -0.05) is 11.6 Å². The Balaban J connectivity index is 2.13. The van der Waals surface area contributed by atoms with Crippen molar-refractivity contribution in [3.8, 4) is 0 Å². The fourth-order valence-corrected chi connectivity index (χ4v) is 2.00. The van der Waals surface area contributed by atoms with Crippen LogP contribution < -0.4 is 5.32 Å². The smallest absolute Gasteiger partial charge is 0.325 e. The number of carbonyl (C=O) groups excluding carboxylic acids is 1. The Bertz CT molecular complexity index is 670. The van der Waals surface area contributed by atoms with E-state index in [1.165, 1.54) is 23.0 Å². The summed E-state index contributed by atoms with van der Waals surface area (Å²) in [5, 5.41) is 2.02. The lowest BCUT2D eigenvalue weighted by molar-refractivity contribution is -0.137. The van der Waals surface area contributed by atoms with Crippen LogP contribution in [0.1, 0.15) is 5.56 Å². The molecule has 0 spiro atoms. The van der Waals surface area contributed by atoms with E-state index in [-0.39, 0.29) is 17.5 Å². The van der Waals surface area contributed by atoms with Gasteiger partial charge in [-0.05, 0) is 29.8 Å². The highest BCUT2D eigenvalue weighted by atomic mass is 35.5. The standard InChI is InChI=1S/C12H8Cl2F3N3O/c13-9-2-1-7(5-8(9)12(15,16)17)19-10(21)6-20-4-3-18-11(20)14/h1-5H,6H2,(H,19,21). The maximum absolute atomic E-state index is 12.7. The van der Waals surface area contributed by atoms with E-state index in [1.807, 2.05) is 0 Å². The van der Waals surface area contributed by atoms with Crippen molar-refractivity contribution in [3.05, 3.63) is 46.5 Å². The molecule has 2 aromatic rings. The predicted molar refractivity (Wildman–Crippen MR) is 72.3 cm³/mol. The van der Waals surface area contributed by atoms with Gasteiger partial charge in [0.15, 0.2) is 0 Å². The van der Waals surface area contributed by atoms with Crippen molar-refractivity contribution in [3.63, 3.8) is 0 Å². The number of alkyl halides is 3. The summed E-state index contributed by atoms with van der Waals surface area (Å²) in [6, 6.07) is 3.13. The Morgan fingerprint density at radius 2 is 2.05 bits per heavy atom. The molecule has 1 heterocycles. The molecule has 9 heteroatoms. The summed E-state index contributed by atoms with van der Waals surface area (Å²) in [5.41, 5.74) is -1.02. The molecule has 1 aromatic heterocycles. The zero-order valence-corrected chi connectivity index (χ0v) is 11.8. The monoisotopic (exact) mass is 337 g/mol. The van der Waals surface area contributed by atoms with Gasteiger partial charge in [0.2, 0.25) is 11.2 Å². The first-order valence-corrected chi connectivity index (χ1v) is 6.36. The van der Waals surface area contributed by atoms with E-state index in [0.717, 1.165) is 12.1 Å². The van der Waals surface area contributed by atoms with Crippen molar-refractivity contribution >= 4 is 34.8 Å². The summed E-state index contributed by atoms with van der Waals surface area (Å²) >= 11 is 11.2. The van der Waals surface area contributed by atoms with Crippen LogP contribution in [0.3, 0.4) is 0 Å². The molecular weight excluding hydrogens is 330 g/mol. The third-order valence-corrected chi connectivity index (χ3v) is 3.18. The van der Waals surface area contributed by atoms with Crippen LogP contribution in [0.25, 0.3) is 0 Å². The van der Waals surface area contributed by atoms with Crippen LogP contribution in [-0.4, -0.2) is 15.5 Å². The number of aromatic nitrogens is 2. The highest BCUT2D eigenvalue weighted by Gasteiger charge is 2.33. The van der Waals surface area contributed by atoms with Crippen molar-refractivity contribution in [1.82, 2.24) is 9.55 Å². The van der Waals surface area contributed by atoms with E-state index in [4.69, 9.17) is 23.2 Å². The Kier molecular flexibility index (Phi) is 4.43. The van der Waals surface area contributed by atoms with Gasteiger partial charge in [-0.25, -0.2) is 4.98 Å². The molecule has 0 radical (unpaired) electrons. The molecule has 0 aliphatic carbocycles. The van der Waals surface area contributed by atoms with E-state index in [2.05, 4.69) is 10.3 Å². The molecule has 0 bridgehead atoms. The minimum absolute atomic E-state index is 0.00652. The molecule has 0 unspecified atom stereocenters. The number of anilines is 1. The number of amides is 1. The highest BCUT2D eigenvalue weighted by Crippen LogP contribution is 2.36. The van der Waals surface area contributed by atoms with Gasteiger partial charge in [-0.15, -0.1) is 0 Å². The summed E-state index contributed by atoms with van der Waals surface area (Å²) in [6.45, 7) is -0.164. The number of carbonyl (C=O) groups is 1. The van der Waals surface area contributed by atoms with Crippen molar-refractivity contribution in [2.24, 2.45) is 0 Å². The van der Waals surface area contributed by atoms with Crippen LogP contribution in [0, 0.1) is 0 Å². The number of nitrogens with one attached hydrogen (secondary N) is 1. The zero-order valence-electron chi connectivity index (χ0n) is 10.3. The second kappa shape index (κ2) is 5.95. The minimum Gasteiger partial charge on any atom is -0.325 e. The molecule has 1 N–H and O–H groups in total. The Morgan fingerprint density at radius 3 is 2.62 bits per heavy atom. The van der Waals surface area contributed by atoms with Crippen LogP contribution in [0.15, 0.2) is 30.6 Å². The molecule has 112 valence electrons. The number of halogens is 5. The van der Waals surface area contributed by atoms with Gasteiger partial charge < -0.3 is 9.88 Å². The largest absolute Gasteiger partial charge is 0.417 e. The molecule has 2 rings (SSSR count). The summed E-state index contributed by atoms with van der Waals surface area (Å²) in [4.78, 5) is 15.5. The maximum atomic E-state index is 12.7. The van der Waals surface area contributed by atoms with Crippen LogP contribution >= 0.6 is 23.2 Å². The molecule has 1 aromatic carbocycles. The average Bonchev–Trinajstić information content (AvgIpc) is 2.76. The minimum atomic E-state index is -4.59. The van der Waals surface area contributed by atoms with E-state index in [0.29, 0.717) is 0 Å². The fraction of sp³-hybridized carbons (Fsp3) is 0.167. The maximum Gasteiger partial charge on any atom is 0.417 e. The van der Waals surface area contributed by atoms with Gasteiger partial charge in [-0.3, -0.25) is 4.79 Å². The van der Waals surface area contributed by atoms with Crippen LogP contribution in [-0.2, 0) is 17.5 Å². The molecule has 0 aliphatic heterocycles. The molecule has 0 fully saturated rings. The normalized spacial score (nSPS) is 11.5. The summed E-state index contributed by atoms with van der Waals surface area (Å²) in [5.74, 6) is -0.537. The second-order valence-corrected chi connectivity index (χ2v) is 4.81. The van der Waals surface area contributed by atoms with Crippen LogP contribution in [0.4, 0.5) is 18.9 Å². The Labute approximate surface area is 127 Å². The van der Waals surface area contributed by atoms with Crippen molar-refractivity contribution in [2.45, 2.75) is 12.7 Å². The number of hydrogen-bond donors (Lipinski definition) is 1.